The highest BCUT2D eigenvalue weighted by Gasteiger charge is 2.16. The lowest BCUT2D eigenvalue weighted by Crippen LogP contribution is -2.36. The third-order valence-electron chi connectivity index (χ3n) is 3.42. The summed E-state index contributed by atoms with van der Waals surface area (Å²) in [5, 5.41) is 2.75. The van der Waals surface area contributed by atoms with Gasteiger partial charge in [-0.3, -0.25) is 9.59 Å². The Morgan fingerprint density at radius 1 is 1.00 bits per heavy atom. The lowest BCUT2D eigenvalue weighted by atomic mass is 10.2. The number of nitrogens with one attached hydrogen (secondary N) is 1. The van der Waals surface area contributed by atoms with Crippen LogP contribution in [0, 0.1) is 0 Å². The molecule has 126 valence electrons. The molecule has 24 heavy (non-hydrogen) atoms. The van der Waals surface area contributed by atoms with Gasteiger partial charge in [0.1, 0.15) is 6.54 Å². The summed E-state index contributed by atoms with van der Waals surface area (Å²) in [7, 11) is 3.07. The molecule has 0 aliphatic rings. The van der Waals surface area contributed by atoms with E-state index in [1.807, 2.05) is 18.2 Å². The maximum Gasteiger partial charge on any atom is 0.244 e. The number of para-hydroxylation sites is 1. The maximum atomic E-state index is 12.3. The predicted octanol–water partition coefficient (Wildman–Crippen LogP) is 2.70. The Kier molecular flexibility index (Phi) is 5.78. The number of anilines is 2. The molecule has 0 bridgehead atoms. The van der Waals surface area contributed by atoms with Crippen molar-refractivity contribution in [2.75, 3.05) is 31.0 Å². The van der Waals surface area contributed by atoms with Crippen LogP contribution in [0.2, 0.25) is 0 Å². The number of hydrogen-bond acceptors (Lipinski definition) is 4. The number of rotatable bonds is 6. The van der Waals surface area contributed by atoms with Crippen molar-refractivity contribution < 1.29 is 19.1 Å². The number of hydrogen-bond donors (Lipinski definition) is 1. The Morgan fingerprint density at radius 3 is 2.25 bits per heavy atom. The molecule has 2 aromatic carbocycles. The SMILES string of the molecule is COc1ccc(NC(=O)CN(C(C)=O)c2ccccc2)cc1OC. The third-order valence-corrected chi connectivity index (χ3v) is 3.42. The van der Waals surface area contributed by atoms with Crippen molar-refractivity contribution >= 4 is 23.2 Å². The van der Waals surface area contributed by atoms with E-state index in [4.69, 9.17) is 9.47 Å². The van der Waals surface area contributed by atoms with Crippen LogP contribution in [0.15, 0.2) is 48.5 Å². The van der Waals surface area contributed by atoms with Crippen LogP contribution in [0.4, 0.5) is 11.4 Å². The quantitative estimate of drug-likeness (QED) is 0.885. The second kappa shape index (κ2) is 8.01. The summed E-state index contributed by atoms with van der Waals surface area (Å²) in [6.45, 7) is 1.35. The Bertz CT molecular complexity index is 716. The zero-order valence-electron chi connectivity index (χ0n) is 13.9. The Hall–Kier alpha value is -3.02. The Morgan fingerprint density at radius 2 is 1.67 bits per heavy atom. The van der Waals surface area contributed by atoms with Crippen molar-refractivity contribution in [3.05, 3.63) is 48.5 Å². The average Bonchev–Trinajstić information content (AvgIpc) is 2.60. The number of nitrogens with zero attached hydrogens (tertiary/aromatic N) is 1. The third kappa shape index (κ3) is 4.25. The molecule has 0 saturated heterocycles. The molecule has 0 atom stereocenters. The van der Waals surface area contributed by atoms with Crippen molar-refractivity contribution in [3.63, 3.8) is 0 Å². The van der Waals surface area contributed by atoms with E-state index in [0.29, 0.717) is 22.9 Å². The molecule has 6 heteroatoms. The van der Waals surface area contributed by atoms with E-state index in [-0.39, 0.29) is 18.4 Å². The number of ether oxygens (including phenoxy) is 2. The van der Waals surface area contributed by atoms with Gasteiger partial charge in [0.15, 0.2) is 11.5 Å². The summed E-state index contributed by atoms with van der Waals surface area (Å²) < 4.78 is 10.4. The summed E-state index contributed by atoms with van der Waals surface area (Å²) in [6.07, 6.45) is 0. The molecule has 0 saturated carbocycles. The number of amides is 2. The zero-order chi connectivity index (χ0) is 17.5. The minimum atomic E-state index is -0.304. The van der Waals surface area contributed by atoms with Crippen molar-refractivity contribution in [3.8, 4) is 11.5 Å². The van der Waals surface area contributed by atoms with Crippen molar-refractivity contribution in [1.82, 2.24) is 0 Å². The molecule has 0 aromatic heterocycles. The van der Waals surface area contributed by atoms with Crippen molar-refractivity contribution in [2.45, 2.75) is 6.92 Å². The normalized spacial score (nSPS) is 9.96. The largest absolute Gasteiger partial charge is 0.493 e. The van der Waals surface area contributed by atoms with Gasteiger partial charge in [0.25, 0.3) is 0 Å². The van der Waals surface area contributed by atoms with Crippen LogP contribution in [0.25, 0.3) is 0 Å². The fraction of sp³-hybridized carbons (Fsp3) is 0.222. The van der Waals surface area contributed by atoms with Crippen molar-refractivity contribution in [1.29, 1.82) is 0 Å². The topological polar surface area (TPSA) is 67.9 Å². The molecule has 0 heterocycles. The Balaban J connectivity index is 2.10. The summed E-state index contributed by atoms with van der Waals surface area (Å²) in [6, 6.07) is 14.1. The first-order valence-electron chi connectivity index (χ1n) is 7.40. The van der Waals surface area contributed by atoms with Gasteiger partial charge >= 0.3 is 0 Å². The van der Waals surface area contributed by atoms with E-state index in [1.165, 1.54) is 18.9 Å². The van der Waals surface area contributed by atoms with Gasteiger partial charge in [-0.15, -0.1) is 0 Å². The zero-order valence-corrected chi connectivity index (χ0v) is 13.9. The summed E-state index contributed by atoms with van der Waals surface area (Å²) in [4.78, 5) is 25.5. The monoisotopic (exact) mass is 328 g/mol. The molecule has 2 aromatic rings. The van der Waals surface area contributed by atoms with Gasteiger partial charge in [0, 0.05) is 24.4 Å². The summed E-state index contributed by atoms with van der Waals surface area (Å²) >= 11 is 0. The van der Waals surface area contributed by atoms with Gasteiger partial charge in [0.05, 0.1) is 14.2 Å². The second-order valence-electron chi connectivity index (χ2n) is 5.06. The number of methoxy groups -OCH3 is 2. The minimum absolute atomic E-state index is 0.0757. The minimum Gasteiger partial charge on any atom is -0.493 e. The fourth-order valence-electron chi connectivity index (χ4n) is 2.25. The first kappa shape index (κ1) is 17.3. The highest BCUT2D eigenvalue weighted by Crippen LogP contribution is 2.29. The van der Waals surface area contributed by atoms with Crippen LogP contribution in [-0.2, 0) is 9.59 Å². The highest BCUT2D eigenvalue weighted by atomic mass is 16.5. The van der Waals surface area contributed by atoms with E-state index in [0.717, 1.165) is 0 Å². The smallest absolute Gasteiger partial charge is 0.244 e. The predicted molar refractivity (Wildman–Crippen MR) is 92.6 cm³/mol. The molecule has 2 amide bonds. The molecule has 0 spiro atoms. The van der Waals surface area contributed by atoms with Gasteiger partial charge < -0.3 is 19.7 Å². The van der Waals surface area contributed by atoms with Gasteiger partial charge in [-0.25, -0.2) is 0 Å². The van der Waals surface area contributed by atoms with Crippen LogP contribution in [0.5, 0.6) is 11.5 Å². The van der Waals surface area contributed by atoms with Gasteiger partial charge in [-0.05, 0) is 24.3 Å². The Labute approximate surface area is 141 Å². The molecule has 0 fully saturated rings. The van der Waals surface area contributed by atoms with E-state index in [9.17, 15) is 9.59 Å². The molecule has 2 rings (SSSR count). The fourth-order valence-corrected chi connectivity index (χ4v) is 2.25. The molecular formula is C18H20N2O4. The van der Waals surface area contributed by atoms with Crippen LogP contribution in [-0.4, -0.2) is 32.6 Å². The molecule has 0 radical (unpaired) electrons. The van der Waals surface area contributed by atoms with Crippen LogP contribution < -0.4 is 19.7 Å². The average molecular weight is 328 g/mol. The van der Waals surface area contributed by atoms with Crippen molar-refractivity contribution in [2.24, 2.45) is 0 Å². The van der Waals surface area contributed by atoms with Gasteiger partial charge in [-0.2, -0.15) is 0 Å². The van der Waals surface area contributed by atoms with Gasteiger partial charge in [-0.1, -0.05) is 18.2 Å². The van der Waals surface area contributed by atoms with E-state index in [2.05, 4.69) is 5.32 Å². The number of carbonyl (C=O) groups excluding carboxylic acids is 2. The number of benzene rings is 2. The first-order valence-corrected chi connectivity index (χ1v) is 7.40. The first-order chi connectivity index (χ1) is 11.5. The van der Waals surface area contributed by atoms with Crippen LogP contribution in [0.3, 0.4) is 0 Å². The summed E-state index contributed by atoms with van der Waals surface area (Å²) in [5.74, 6) is 0.580. The van der Waals surface area contributed by atoms with E-state index >= 15 is 0 Å². The second-order valence-corrected chi connectivity index (χ2v) is 5.06. The van der Waals surface area contributed by atoms with Gasteiger partial charge in [0.2, 0.25) is 11.8 Å². The van der Waals surface area contributed by atoms with E-state index in [1.54, 1.807) is 37.4 Å². The molecule has 0 unspecified atom stereocenters. The molecule has 0 aliphatic heterocycles. The number of carbonyl (C=O) groups is 2. The molecular weight excluding hydrogens is 308 g/mol. The lowest BCUT2D eigenvalue weighted by Gasteiger charge is -2.20. The summed E-state index contributed by atoms with van der Waals surface area (Å²) in [5.41, 5.74) is 1.24. The van der Waals surface area contributed by atoms with E-state index < -0.39 is 0 Å². The molecule has 6 nitrogen and oxygen atoms in total. The maximum absolute atomic E-state index is 12.3. The molecule has 0 aliphatic carbocycles. The van der Waals surface area contributed by atoms with Crippen LogP contribution >= 0.6 is 0 Å². The lowest BCUT2D eigenvalue weighted by molar-refractivity contribution is -0.120. The molecule has 1 N–H and O–H groups in total. The highest BCUT2D eigenvalue weighted by molar-refractivity contribution is 6.01. The standard InChI is InChI=1S/C18H20N2O4/c1-13(21)20(15-7-5-4-6-8-15)12-18(22)19-14-9-10-16(23-2)17(11-14)24-3/h4-11H,12H2,1-3H3,(H,19,22). The van der Waals surface area contributed by atoms with Crippen LogP contribution in [0.1, 0.15) is 6.92 Å².